The molecule has 0 amide bonds. The largest absolute Gasteiger partial charge is 0.848 e. The third kappa shape index (κ3) is 23.6. The van der Waals surface area contributed by atoms with Gasteiger partial charge >= 0.3 is 0 Å². The summed E-state index contributed by atoms with van der Waals surface area (Å²) in [5.74, 6) is 0. The monoisotopic (exact) mass is 486 g/mol. The first-order valence-corrected chi connectivity index (χ1v) is 15.2. The van der Waals surface area contributed by atoms with Crippen LogP contribution < -0.4 is 5.11 Å². The van der Waals surface area contributed by atoms with Gasteiger partial charge in [-0.1, -0.05) is 117 Å². The second kappa shape index (κ2) is 22.1. The van der Waals surface area contributed by atoms with Crippen LogP contribution in [0.4, 0.5) is 0 Å². The fourth-order valence-electron chi connectivity index (χ4n) is 4.16. The lowest BCUT2D eigenvalue weighted by Crippen LogP contribution is -2.55. The molecule has 0 heterocycles. The van der Waals surface area contributed by atoms with Crippen LogP contribution in [0.1, 0.15) is 164 Å². The lowest BCUT2D eigenvalue weighted by Gasteiger charge is -2.43. The van der Waals surface area contributed by atoms with Gasteiger partial charge in [-0.2, -0.15) is 0 Å². The molecule has 3 nitrogen and oxygen atoms in total. The molecule has 0 aromatic rings. The van der Waals surface area contributed by atoms with E-state index < -0.39 is 11.2 Å². The number of rotatable bonds is 22. The van der Waals surface area contributed by atoms with Crippen molar-refractivity contribution in [1.29, 1.82) is 0 Å². The van der Waals surface area contributed by atoms with E-state index in [-0.39, 0.29) is 0 Å². The van der Waals surface area contributed by atoms with Crippen molar-refractivity contribution in [2.45, 2.75) is 175 Å². The maximum Gasteiger partial charge on any atom is 0.0784 e. The van der Waals surface area contributed by atoms with Gasteiger partial charge < -0.3 is 14.7 Å². The average molecular weight is 486 g/mol. The molecule has 0 radical (unpaired) electrons. The number of hydrogen-bond donors (Lipinski definition) is 1. The lowest BCUT2D eigenvalue weighted by molar-refractivity contribution is -0.910. The summed E-state index contributed by atoms with van der Waals surface area (Å²) in [4.78, 5) is 0. The van der Waals surface area contributed by atoms with E-state index in [1.165, 1.54) is 167 Å². The summed E-state index contributed by atoms with van der Waals surface area (Å²) in [6.07, 6.45) is 25.9. The fourth-order valence-corrected chi connectivity index (χ4v) is 4.16. The molecule has 0 spiro atoms. The van der Waals surface area contributed by atoms with Crippen LogP contribution in [0.5, 0.6) is 0 Å². The summed E-state index contributed by atoms with van der Waals surface area (Å²) in [6, 6.07) is 0. The van der Waals surface area contributed by atoms with Crippen molar-refractivity contribution in [1.82, 2.24) is 0 Å². The number of aliphatic hydroxyl groups is 1. The first kappa shape index (κ1) is 36.0. The standard InChI is InChI=1S/C25H54N.C6H13O2/c1-5-8-11-14-17-20-23-26(4,24-21-18-15-12-9-6-2)25-22-19-16-13-10-7-3;1-5(2,7)6(3,4)8/h5-25H2,1-4H3;7H,1-4H3/q+1;-1. The van der Waals surface area contributed by atoms with Crippen molar-refractivity contribution in [2.75, 3.05) is 26.7 Å². The number of quaternary nitrogens is 1. The third-order valence-electron chi connectivity index (χ3n) is 7.63. The van der Waals surface area contributed by atoms with Crippen LogP contribution in [0, 0.1) is 0 Å². The van der Waals surface area contributed by atoms with Gasteiger partial charge in [0.2, 0.25) is 0 Å². The van der Waals surface area contributed by atoms with Crippen LogP contribution >= 0.6 is 0 Å². The molecule has 0 aromatic carbocycles. The van der Waals surface area contributed by atoms with Crippen molar-refractivity contribution in [3.63, 3.8) is 0 Å². The van der Waals surface area contributed by atoms with Crippen LogP contribution in [-0.4, -0.2) is 47.5 Å². The zero-order valence-corrected chi connectivity index (χ0v) is 25.2. The van der Waals surface area contributed by atoms with Gasteiger partial charge in [-0.05, 0) is 52.4 Å². The summed E-state index contributed by atoms with van der Waals surface area (Å²) in [6.45, 7) is 17.2. The minimum Gasteiger partial charge on any atom is -0.848 e. The molecule has 0 saturated heterocycles. The van der Waals surface area contributed by atoms with Gasteiger partial charge in [0.25, 0.3) is 0 Å². The Morgan fingerprint density at radius 3 is 0.912 bits per heavy atom. The number of nitrogens with zero attached hydrogens (tertiary/aromatic N) is 1. The molecular formula is C31H67NO2. The first-order valence-electron chi connectivity index (χ1n) is 15.2. The van der Waals surface area contributed by atoms with E-state index in [9.17, 15) is 5.11 Å². The van der Waals surface area contributed by atoms with Crippen LogP contribution in [-0.2, 0) is 0 Å². The highest BCUT2D eigenvalue weighted by Crippen LogP contribution is 2.17. The van der Waals surface area contributed by atoms with Crippen molar-refractivity contribution in [3.05, 3.63) is 0 Å². The number of unbranched alkanes of at least 4 members (excludes halogenated alkanes) is 15. The van der Waals surface area contributed by atoms with Gasteiger partial charge in [0, 0.05) is 5.60 Å². The van der Waals surface area contributed by atoms with E-state index >= 15 is 0 Å². The summed E-state index contributed by atoms with van der Waals surface area (Å²) < 4.78 is 1.36. The highest BCUT2D eigenvalue weighted by Gasteiger charge is 2.23. The van der Waals surface area contributed by atoms with Crippen molar-refractivity contribution in [2.24, 2.45) is 0 Å². The van der Waals surface area contributed by atoms with Gasteiger partial charge in [-0.25, -0.2) is 0 Å². The Balaban J connectivity index is 0. The predicted octanol–water partition coefficient (Wildman–Crippen LogP) is 8.41. The van der Waals surface area contributed by atoms with Crippen molar-refractivity contribution < 1.29 is 14.7 Å². The first-order chi connectivity index (χ1) is 15.9. The van der Waals surface area contributed by atoms with E-state index in [0.717, 1.165) is 0 Å². The van der Waals surface area contributed by atoms with E-state index in [4.69, 9.17) is 5.11 Å². The molecule has 3 heteroatoms. The van der Waals surface area contributed by atoms with Gasteiger partial charge in [0.15, 0.2) is 0 Å². The maximum atomic E-state index is 10.9. The molecule has 0 aromatic heterocycles. The Hall–Kier alpha value is -0.120. The smallest absolute Gasteiger partial charge is 0.0784 e. The fraction of sp³-hybridized carbons (Fsp3) is 1.00. The van der Waals surface area contributed by atoms with Gasteiger partial charge in [0.1, 0.15) is 0 Å². The van der Waals surface area contributed by atoms with Crippen LogP contribution in [0.3, 0.4) is 0 Å². The molecule has 0 fully saturated rings. The summed E-state index contributed by atoms with van der Waals surface area (Å²) in [7, 11) is 2.56. The Morgan fingerprint density at radius 2 is 0.706 bits per heavy atom. The molecule has 0 unspecified atom stereocenters. The minimum absolute atomic E-state index is 1.12. The third-order valence-corrected chi connectivity index (χ3v) is 7.63. The van der Waals surface area contributed by atoms with Crippen LogP contribution in [0.2, 0.25) is 0 Å². The second-order valence-electron chi connectivity index (χ2n) is 12.2. The molecule has 34 heavy (non-hydrogen) atoms. The summed E-state index contributed by atoms with van der Waals surface area (Å²) in [5.41, 5.74) is -2.37. The molecule has 0 bridgehead atoms. The van der Waals surface area contributed by atoms with Crippen LogP contribution in [0.25, 0.3) is 0 Å². The molecule has 0 aliphatic rings. The second-order valence-corrected chi connectivity index (χ2v) is 12.2. The molecule has 208 valence electrons. The average Bonchev–Trinajstić information content (AvgIpc) is 2.75. The van der Waals surface area contributed by atoms with Gasteiger partial charge in [-0.3, -0.25) is 0 Å². The Kier molecular flexibility index (Phi) is 23.4. The molecule has 0 aliphatic heterocycles. The SMILES string of the molecule is CC(C)([O-])C(C)(C)O.CCCCCCCC[N+](C)(CCCCCCCC)CCCCCCCC. The normalized spacial score (nSPS) is 12.5. The molecule has 0 saturated carbocycles. The Labute approximate surface area is 216 Å². The van der Waals surface area contributed by atoms with E-state index in [1.807, 2.05) is 0 Å². The topological polar surface area (TPSA) is 43.3 Å². The molecular weight excluding hydrogens is 418 g/mol. The maximum absolute atomic E-state index is 10.9. The van der Waals surface area contributed by atoms with E-state index in [1.54, 1.807) is 0 Å². The van der Waals surface area contributed by atoms with Gasteiger partial charge in [-0.15, -0.1) is 0 Å². The molecule has 0 aliphatic carbocycles. The van der Waals surface area contributed by atoms with Gasteiger partial charge in [0.05, 0.1) is 26.7 Å². The van der Waals surface area contributed by atoms with E-state index in [2.05, 4.69) is 27.8 Å². The zero-order chi connectivity index (χ0) is 26.3. The Bertz CT molecular complexity index is 356. The summed E-state index contributed by atoms with van der Waals surface area (Å²) in [5, 5.41) is 19.9. The molecule has 0 rings (SSSR count). The predicted molar refractivity (Wildman–Crippen MR) is 151 cm³/mol. The van der Waals surface area contributed by atoms with Crippen LogP contribution in [0.15, 0.2) is 0 Å². The quantitative estimate of drug-likeness (QED) is 0.123. The molecule has 1 N–H and O–H groups in total. The highest BCUT2D eigenvalue weighted by atomic mass is 16.3. The zero-order valence-electron chi connectivity index (χ0n) is 25.2. The van der Waals surface area contributed by atoms with Crippen molar-refractivity contribution >= 4 is 0 Å². The van der Waals surface area contributed by atoms with E-state index in [0.29, 0.717) is 0 Å². The summed E-state index contributed by atoms with van der Waals surface area (Å²) >= 11 is 0. The van der Waals surface area contributed by atoms with Crippen molar-refractivity contribution in [3.8, 4) is 0 Å². The Morgan fingerprint density at radius 1 is 0.500 bits per heavy atom. The highest BCUT2D eigenvalue weighted by molar-refractivity contribution is 4.83. The number of hydrogen-bond acceptors (Lipinski definition) is 2. The molecule has 0 atom stereocenters. The minimum atomic E-state index is -1.26. The lowest BCUT2D eigenvalue weighted by atomic mass is 9.90.